The molecule has 3 rings (SSSR count). The second-order valence-electron chi connectivity index (χ2n) is 6.00. The van der Waals surface area contributed by atoms with Crippen molar-refractivity contribution in [1.82, 2.24) is 15.2 Å². The predicted octanol–water partition coefficient (Wildman–Crippen LogP) is 2.67. The molecule has 2 heterocycles. The summed E-state index contributed by atoms with van der Waals surface area (Å²) in [4.78, 5) is 30.2. The van der Waals surface area contributed by atoms with Gasteiger partial charge in [0.2, 0.25) is 0 Å². The Labute approximate surface area is 151 Å². The minimum Gasteiger partial charge on any atom is -0.450 e. The lowest BCUT2D eigenvalue weighted by Gasteiger charge is -2.28. The van der Waals surface area contributed by atoms with Gasteiger partial charge in [-0.2, -0.15) is 0 Å². The summed E-state index contributed by atoms with van der Waals surface area (Å²) in [5.74, 6) is -0.546. The number of carbonyl (C=O) groups is 2. The number of rotatable bonds is 4. The third kappa shape index (κ3) is 3.99. The largest absolute Gasteiger partial charge is 0.450 e. The van der Waals surface area contributed by atoms with Crippen molar-refractivity contribution in [1.29, 1.82) is 0 Å². The summed E-state index contributed by atoms with van der Waals surface area (Å²) >= 11 is 0. The molecule has 1 aromatic carbocycles. The molecule has 0 unspecified atom stereocenters. The number of hydrogen-bond acceptors (Lipinski definition) is 4. The molecule has 26 heavy (non-hydrogen) atoms. The molecule has 0 saturated carbocycles. The van der Waals surface area contributed by atoms with Crippen LogP contribution in [0.3, 0.4) is 0 Å². The van der Waals surface area contributed by atoms with Crippen molar-refractivity contribution in [2.45, 2.75) is 26.4 Å². The first kappa shape index (κ1) is 17.8. The van der Waals surface area contributed by atoms with Crippen LogP contribution in [0.4, 0.5) is 9.18 Å². The zero-order valence-electron chi connectivity index (χ0n) is 14.5. The molecule has 136 valence electrons. The first-order chi connectivity index (χ1) is 12.6. The number of nitrogens with one attached hydrogen (secondary N) is 1. The average molecular weight is 357 g/mol. The molecule has 7 heteroatoms. The highest BCUT2D eigenvalue weighted by Crippen LogP contribution is 2.22. The number of pyridine rings is 1. The highest BCUT2D eigenvalue weighted by molar-refractivity contribution is 5.95. The summed E-state index contributed by atoms with van der Waals surface area (Å²) < 4.78 is 18.0. The molecule has 2 aromatic rings. The van der Waals surface area contributed by atoms with E-state index in [2.05, 4.69) is 10.3 Å². The first-order valence-electron chi connectivity index (χ1n) is 8.48. The molecule has 0 saturated heterocycles. The fourth-order valence-corrected chi connectivity index (χ4v) is 2.94. The topological polar surface area (TPSA) is 71.5 Å². The molecule has 0 spiro atoms. The lowest BCUT2D eigenvalue weighted by Crippen LogP contribution is -2.37. The summed E-state index contributed by atoms with van der Waals surface area (Å²) in [6, 6.07) is 5.98. The van der Waals surface area contributed by atoms with Crippen LogP contribution in [0.2, 0.25) is 0 Å². The zero-order chi connectivity index (χ0) is 18.5. The van der Waals surface area contributed by atoms with Crippen LogP contribution >= 0.6 is 0 Å². The van der Waals surface area contributed by atoms with Crippen LogP contribution in [0.5, 0.6) is 0 Å². The zero-order valence-corrected chi connectivity index (χ0v) is 14.5. The number of amides is 2. The molecule has 2 amide bonds. The molecule has 1 aliphatic heterocycles. The minimum absolute atomic E-state index is 0.233. The van der Waals surface area contributed by atoms with Crippen molar-refractivity contribution in [2.75, 3.05) is 13.2 Å². The first-order valence-corrected chi connectivity index (χ1v) is 8.48. The maximum atomic E-state index is 12.9. The van der Waals surface area contributed by atoms with E-state index in [-0.39, 0.29) is 17.8 Å². The molecule has 6 nitrogen and oxygen atoms in total. The van der Waals surface area contributed by atoms with E-state index in [0.717, 1.165) is 16.7 Å². The lowest BCUT2D eigenvalue weighted by molar-refractivity contribution is 0.0947. The summed E-state index contributed by atoms with van der Waals surface area (Å²) in [6.07, 6.45) is 3.43. The Bertz CT molecular complexity index is 808. The van der Waals surface area contributed by atoms with Gasteiger partial charge in [0.15, 0.2) is 0 Å². The monoisotopic (exact) mass is 357 g/mol. The molecular formula is C19H20FN3O3. The van der Waals surface area contributed by atoms with Gasteiger partial charge in [-0.05, 0) is 42.2 Å². The number of carbonyl (C=O) groups excluding carboxylic acids is 2. The SMILES string of the molecule is CCOC(=O)N1CCc2c(cncc2C(=O)NCc2ccc(F)cc2)C1. The highest BCUT2D eigenvalue weighted by Gasteiger charge is 2.25. The fourth-order valence-electron chi connectivity index (χ4n) is 2.94. The molecule has 0 radical (unpaired) electrons. The Kier molecular flexibility index (Phi) is 5.46. The van der Waals surface area contributed by atoms with Gasteiger partial charge in [-0.1, -0.05) is 12.1 Å². The Balaban J connectivity index is 1.69. The van der Waals surface area contributed by atoms with Crippen molar-refractivity contribution in [3.8, 4) is 0 Å². The van der Waals surface area contributed by atoms with Gasteiger partial charge < -0.3 is 15.0 Å². The van der Waals surface area contributed by atoms with Gasteiger partial charge in [0, 0.05) is 25.5 Å². The molecule has 1 N–H and O–H groups in total. The van der Waals surface area contributed by atoms with Gasteiger partial charge in [-0.3, -0.25) is 9.78 Å². The molecule has 0 bridgehead atoms. The van der Waals surface area contributed by atoms with Gasteiger partial charge in [0.05, 0.1) is 18.7 Å². The maximum Gasteiger partial charge on any atom is 0.410 e. The van der Waals surface area contributed by atoms with Crippen LogP contribution in [0.15, 0.2) is 36.7 Å². The number of fused-ring (bicyclic) bond motifs is 1. The second-order valence-corrected chi connectivity index (χ2v) is 6.00. The van der Waals surface area contributed by atoms with E-state index in [1.165, 1.54) is 12.1 Å². The van der Waals surface area contributed by atoms with Crippen LogP contribution < -0.4 is 5.32 Å². The molecule has 1 aliphatic rings. The van der Waals surface area contributed by atoms with Gasteiger partial charge in [0.1, 0.15) is 5.82 Å². The second kappa shape index (κ2) is 7.95. The Morgan fingerprint density at radius 3 is 2.77 bits per heavy atom. The molecule has 0 aliphatic carbocycles. The fraction of sp³-hybridized carbons (Fsp3) is 0.316. The number of halogens is 1. The minimum atomic E-state index is -0.357. The van der Waals surface area contributed by atoms with Crippen LogP contribution in [-0.2, 0) is 24.2 Å². The highest BCUT2D eigenvalue weighted by atomic mass is 19.1. The van der Waals surface area contributed by atoms with E-state index in [0.29, 0.717) is 38.2 Å². The van der Waals surface area contributed by atoms with Crippen molar-refractivity contribution in [2.24, 2.45) is 0 Å². The number of aromatic nitrogens is 1. The quantitative estimate of drug-likeness (QED) is 0.913. The van der Waals surface area contributed by atoms with Gasteiger partial charge >= 0.3 is 6.09 Å². The average Bonchev–Trinajstić information content (AvgIpc) is 2.66. The van der Waals surface area contributed by atoms with Gasteiger partial charge in [-0.15, -0.1) is 0 Å². The normalized spacial score (nSPS) is 13.1. The number of nitrogens with zero attached hydrogens (tertiary/aromatic N) is 2. The van der Waals surface area contributed by atoms with Crippen molar-refractivity contribution < 1.29 is 18.7 Å². The number of benzene rings is 1. The van der Waals surface area contributed by atoms with Crippen molar-refractivity contribution >= 4 is 12.0 Å². The van der Waals surface area contributed by atoms with E-state index in [4.69, 9.17) is 4.74 Å². The van der Waals surface area contributed by atoms with Gasteiger partial charge in [-0.25, -0.2) is 9.18 Å². The van der Waals surface area contributed by atoms with E-state index >= 15 is 0 Å². The maximum absolute atomic E-state index is 12.9. The standard InChI is InChI=1S/C19H20FN3O3/c1-2-26-19(25)23-8-7-16-14(12-23)10-21-11-17(16)18(24)22-9-13-3-5-15(20)6-4-13/h3-6,10-11H,2,7-9,12H2,1H3,(H,22,24). The Morgan fingerprint density at radius 1 is 1.27 bits per heavy atom. The van der Waals surface area contributed by atoms with Gasteiger partial charge in [0.25, 0.3) is 5.91 Å². The third-order valence-electron chi connectivity index (χ3n) is 4.28. The van der Waals surface area contributed by atoms with Crippen molar-refractivity contribution in [3.05, 3.63) is 64.7 Å². The molecule has 0 fully saturated rings. The van der Waals surface area contributed by atoms with Crippen LogP contribution in [0.1, 0.15) is 34.0 Å². The van der Waals surface area contributed by atoms with Crippen LogP contribution in [0.25, 0.3) is 0 Å². The molecule has 1 aromatic heterocycles. The number of hydrogen-bond donors (Lipinski definition) is 1. The van der Waals surface area contributed by atoms with E-state index in [1.54, 1.807) is 36.4 Å². The Hall–Kier alpha value is -2.96. The van der Waals surface area contributed by atoms with E-state index in [9.17, 15) is 14.0 Å². The van der Waals surface area contributed by atoms with E-state index < -0.39 is 0 Å². The summed E-state index contributed by atoms with van der Waals surface area (Å²) in [6.45, 7) is 3.26. The molecule has 0 atom stereocenters. The molecular weight excluding hydrogens is 337 g/mol. The van der Waals surface area contributed by atoms with Crippen molar-refractivity contribution in [3.63, 3.8) is 0 Å². The smallest absolute Gasteiger partial charge is 0.410 e. The summed E-state index contributed by atoms with van der Waals surface area (Å²) in [5.41, 5.74) is 3.06. The number of ether oxygens (including phenoxy) is 1. The van der Waals surface area contributed by atoms with Crippen LogP contribution in [0, 0.1) is 5.82 Å². The Morgan fingerprint density at radius 2 is 2.04 bits per heavy atom. The predicted molar refractivity (Wildman–Crippen MR) is 92.9 cm³/mol. The lowest BCUT2D eigenvalue weighted by atomic mass is 9.97. The third-order valence-corrected chi connectivity index (χ3v) is 4.28. The van der Waals surface area contributed by atoms with Crippen LogP contribution in [-0.4, -0.2) is 35.0 Å². The van der Waals surface area contributed by atoms with E-state index in [1.807, 2.05) is 0 Å². The summed E-state index contributed by atoms with van der Waals surface area (Å²) in [5, 5.41) is 2.83. The summed E-state index contributed by atoms with van der Waals surface area (Å²) in [7, 11) is 0.